The van der Waals surface area contributed by atoms with Gasteiger partial charge in [0.1, 0.15) is 29.6 Å². The van der Waals surface area contributed by atoms with E-state index in [1.165, 1.54) is 48.5 Å². The van der Waals surface area contributed by atoms with Crippen LogP contribution in [0.3, 0.4) is 0 Å². The molecular formula is C37H42O10S2. The van der Waals surface area contributed by atoms with Crippen LogP contribution in [0, 0.1) is 5.92 Å². The molecule has 0 radical (unpaired) electrons. The largest absolute Gasteiger partial charge is 0.493 e. The lowest BCUT2D eigenvalue weighted by molar-refractivity contribution is 0.0857. The summed E-state index contributed by atoms with van der Waals surface area (Å²) in [6.45, 7) is 7.47. The smallest absolute Gasteiger partial charge is 0.206 e. The number of hydrogen-bond donors (Lipinski definition) is 1. The van der Waals surface area contributed by atoms with Gasteiger partial charge in [0.2, 0.25) is 19.7 Å². The van der Waals surface area contributed by atoms with E-state index in [0.29, 0.717) is 35.5 Å². The maximum Gasteiger partial charge on any atom is 0.206 e. The summed E-state index contributed by atoms with van der Waals surface area (Å²) in [4.78, 5) is 0.565. The van der Waals surface area contributed by atoms with E-state index in [0.717, 1.165) is 13.0 Å². The van der Waals surface area contributed by atoms with Crippen molar-refractivity contribution < 1.29 is 45.6 Å². The van der Waals surface area contributed by atoms with Gasteiger partial charge in [0, 0.05) is 12.8 Å². The van der Waals surface area contributed by atoms with Crippen LogP contribution in [-0.2, 0) is 24.4 Å². The molecule has 1 saturated heterocycles. The van der Waals surface area contributed by atoms with Crippen LogP contribution < -0.4 is 18.9 Å². The quantitative estimate of drug-likeness (QED) is 0.120. The standard InChI is InChI=1S/C37H42O10S2/c1-26(2)23-44-30-6-14-35(15-7-30)48(39,40)34-12-4-29(5-13-34)43-21-20-28(38)24-45-31-8-16-36(17-9-31)49(41,42)37-18-10-32(11-19-37)47-27(3)22-33-25-46-33/h4-19,26-28,33,38H,20-25H2,1-3H3. The van der Waals surface area contributed by atoms with E-state index in [2.05, 4.69) is 0 Å². The van der Waals surface area contributed by atoms with Gasteiger partial charge in [-0.05, 0) is 110 Å². The summed E-state index contributed by atoms with van der Waals surface area (Å²) in [6, 6.07) is 24.8. The summed E-state index contributed by atoms with van der Waals surface area (Å²) in [7, 11) is -7.46. The molecule has 0 bridgehead atoms. The zero-order chi connectivity index (χ0) is 35.0. The van der Waals surface area contributed by atoms with E-state index in [1.54, 1.807) is 48.5 Å². The molecule has 3 unspecified atom stereocenters. The number of epoxide rings is 1. The Morgan fingerprint density at radius 3 is 1.43 bits per heavy atom. The van der Waals surface area contributed by atoms with Crippen molar-refractivity contribution in [2.75, 3.05) is 26.4 Å². The van der Waals surface area contributed by atoms with Crippen molar-refractivity contribution in [1.82, 2.24) is 0 Å². The summed E-state index contributed by atoms with van der Waals surface area (Å²) in [6.07, 6.45) is 0.401. The van der Waals surface area contributed by atoms with Crippen molar-refractivity contribution in [3.05, 3.63) is 97.1 Å². The third kappa shape index (κ3) is 10.2. The molecule has 10 nitrogen and oxygen atoms in total. The van der Waals surface area contributed by atoms with E-state index in [1.807, 2.05) is 20.8 Å². The Morgan fingerprint density at radius 2 is 1.02 bits per heavy atom. The van der Waals surface area contributed by atoms with Crippen LogP contribution in [0.25, 0.3) is 0 Å². The third-order valence-electron chi connectivity index (χ3n) is 7.62. The summed E-state index contributed by atoms with van der Waals surface area (Å²) < 4.78 is 80.4. The highest BCUT2D eigenvalue weighted by Crippen LogP contribution is 2.28. The molecule has 12 heteroatoms. The van der Waals surface area contributed by atoms with E-state index in [9.17, 15) is 21.9 Å². The lowest BCUT2D eigenvalue weighted by Gasteiger charge is -2.14. The first-order valence-corrected chi connectivity index (χ1v) is 19.1. The van der Waals surface area contributed by atoms with Crippen molar-refractivity contribution >= 4 is 19.7 Å². The average Bonchev–Trinajstić information content (AvgIpc) is 3.91. The monoisotopic (exact) mass is 710 g/mol. The molecule has 1 aliphatic heterocycles. The highest BCUT2D eigenvalue weighted by atomic mass is 32.2. The van der Waals surface area contributed by atoms with Crippen molar-refractivity contribution in [3.8, 4) is 23.0 Å². The van der Waals surface area contributed by atoms with Crippen LogP contribution in [-0.4, -0.2) is 66.7 Å². The van der Waals surface area contributed by atoms with Gasteiger partial charge in [0.05, 0.1) is 57.7 Å². The molecule has 1 N–H and O–H groups in total. The fourth-order valence-electron chi connectivity index (χ4n) is 4.82. The number of ether oxygens (including phenoxy) is 5. The normalized spacial score (nSPS) is 15.7. The minimum Gasteiger partial charge on any atom is -0.493 e. The Bertz CT molecular complexity index is 1850. The van der Waals surface area contributed by atoms with E-state index >= 15 is 0 Å². The molecule has 1 heterocycles. The van der Waals surface area contributed by atoms with Crippen molar-refractivity contribution in [1.29, 1.82) is 0 Å². The van der Waals surface area contributed by atoms with Gasteiger partial charge in [0.15, 0.2) is 0 Å². The van der Waals surface area contributed by atoms with Crippen molar-refractivity contribution in [3.63, 3.8) is 0 Å². The summed E-state index contributed by atoms with van der Waals surface area (Å²) in [5, 5.41) is 10.4. The SMILES string of the molecule is CC(C)COc1ccc(S(=O)(=O)c2ccc(OCCC(O)COc3ccc(S(=O)(=O)c4ccc(OC(C)CC5CO5)cc4)cc3)cc2)cc1. The second-order valence-electron chi connectivity index (χ2n) is 12.3. The predicted molar refractivity (Wildman–Crippen MR) is 183 cm³/mol. The zero-order valence-electron chi connectivity index (χ0n) is 27.7. The summed E-state index contributed by atoms with van der Waals surface area (Å²) >= 11 is 0. The first-order valence-electron chi connectivity index (χ1n) is 16.2. The van der Waals surface area contributed by atoms with Gasteiger partial charge in [-0.15, -0.1) is 0 Å². The maximum atomic E-state index is 13.1. The van der Waals surface area contributed by atoms with Crippen LogP contribution in [0.4, 0.5) is 0 Å². The van der Waals surface area contributed by atoms with Crippen LogP contribution in [0.1, 0.15) is 33.6 Å². The van der Waals surface area contributed by atoms with Gasteiger partial charge in [-0.1, -0.05) is 13.8 Å². The molecule has 4 aromatic rings. The molecule has 0 aliphatic carbocycles. The van der Waals surface area contributed by atoms with Gasteiger partial charge in [-0.2, -0.15) is 0 Å². The molecule has 0 amide bonds. The molecule has 1 fully saturated rings. The van der Waals surface area contributed by atoms with Gasteiger partial charge in [-0.3, -0.25) is 0 Å². The number of sulfone groups is 2. The van der Waals surface area contributed by atoms with Crippen LogP contribution >= 0.6 is 0 Å². The van der Waals surface area contributed by atoms with Crippen LogP contribution in [0.15, 0.2) is 117 Å². The maximum absolute atomic E-state index is 13.1. The van der Waals surface area contributed by atoms with Gasteiger partial charge in [-0.25, -0.2) is 16.8 Å². The average molecular weight is 711 g/mol. The zero-order valence-corrected chi connectivity index (χ0v) is 29.4. The number of aliphatic hydroxyl groups excluding tert-OH is 1. The molecule has 4 aromatic carbocycles. The fraction of sp³-hybridized carbons (Fsp3) is 0.351. The van der Waals surface area contributed by atoms with Gasteiger partial charge >= 0.3 is 0 Å². The van der Waals surface area contributed by atoms with Gasteiger partial charge < -0.3 is 28.8 Å². The van der Waals surface area contributed by atoms with Crippen LogP contribution in [0.2, 0.25) is 0 Å². The Hall–Kier alpha value is -4.10. The minimum absolute atomic E-state index is 0.0271. The van der Waals surface area contributed by atoms with E-state index < -0.39 is 25.8 Å². The minimum atomic E-state index is -3.75. The molecular weight excluding hydrogens is 669 g/mol. The summed E-state index contributed by atoms with van der Waals surface area (Å²) in [5.74, 6) is 2.43. The molecule has 0 spiro atoms. The third-order valence-corrected chi connectivity index (χ3v) is 11.2. The number of rotatable bonds is 18. The van der Waals surface area contributed by atoms with Crippen molar-refractivity contribution in [2.24, 2.45) is 5.92 Å². The fourth-order valence-corrected chi connectivity index (χ4v) is 7.34. The second-order valence-corrected chi connectivity index (χ2v) is 16.2. The highest BCUT2D eigenvalue weighted by molar-refractivity contribution is 7.91. The predicted octanol–water partition coefficient (Wildman–Crippen LogP) is 6.15. The Morgan fingerprint density at radius 1 is 0.633 bits per heavy atom. The Labute approximate surface area is 288 Å². The lowest BCUT2D eigenvalue weighted by Crippen LogP contribution is -2.20. The van der Waals surface area contributed by atoms with Crippen molar-refractivity contribution in [2.45, 2.75) is 71.5 Å². The number of aliphatic hydroxyl groups is 1. The number of benzene rings is 4. The molecule has 0 saturated carbocycles. The topological polar surface area (TPSA) is 138 Å². The van der Waals surface area contributed by atoms with Gasteiger partial charge in [0.25, 0.3) is 0 Å². The lowest BCUT2D eigenvalue weighted by atomic mass is 10.2. The molecule has 49 heavy (non-hydrogen) atoms. The summed E-state index contributed by atoms with van der Waals surface area (Å²) in [5.41, 5.74) is 0. The highest BCUT2D eigenvalue weighted by Gasteiger charge is 2.26. The number of hydrogen-bond acceptors (Lipinski definition) is 10. The first kappa shape index (κ1) is 36.2. The molecule has 0 aromatic heterocycles. The Balaban J connectivity index is 1.05. The molecule has 5 rings (SSSR count). The van der Waals surface area contributed by atoms with E-state index in [-0.39, 0.29) is 51.4 Å². The van der Waals surface area contributed by atoms with Crippen LogP contribution in [0.5, 0.6) is 23.0 Å². The first-order chi connectivity index (χ1) is 23.4. The second kappa shape index (κ2) is 16.1. The van der Waals surface area contributed by atoms with E-state index in [4.69, 9.17) is 23.7 Å². The molecule has 1 aliphatic rings. The molecule has 262 valence electrons. The molecule has 3 atom stereocenters. The Kier molecular flexibility index (Phi) is 11.9.